The second-order valence-corrected chi connectivity index (χ2v) is 10.5. The van der Waals surface area contributed by atoms with Gasteiger partial charge in [-0.2, -0.15) is 0 Å². The van der Waals surface area contributed by atoms with Gasteiger partial charge in [0.1, 0.15) is 17.3 Å². The van der Waals surface area contributed by atoms with E-state index in [4.69, 9.17) is 0 Å². The molecule has 0 saturated heterocycles. The molecule has 4 bridgehead atoms. The summed E-state index contributed by atoms with van der Waals surface area (Å²) in [6.07, 6.45) is 9.34. The Morgan fingerprint density at radius 2 is 1.07 bits per heavy atom. The molecule has 4 saturated carbocycles. The van der Waals surface area contributed by atoms with Crippen molar-refractivity contribution in [1.82, 2.24) is 5.32 Å². The van der Waals surface area contributed by atoms with Gasteiger partial charge in [-0.1, -0.05) is 0 Å². The monoisotopic (exact) mass is 403 g/mol. The summed E-state index contributed by atoms with van der Waals surface area (Å²) in [4.78, 5) is 48.9. The fraction of sp³-hybridized carbons (Fsp3) is 0.833. The Hall–Kier alpha value is -1.52. The van der Waals surface area contributed by atoms with E-state index in [9.17, 15) is 19.2 Å². The van der Waals surface area contributed by atoms with E-state index in [1.54, 1.807) is 20.8 Å². The molecule has 4 aliphatic rings. The summed E-state index contributed by atoms with van der Waals surface area (Å²) >= 11 is 0. The van der Waals surface area contributed by atoms with E-state index in [1.807, 2.05) is 0 Å². The van der Waals surface area contributed by atoms with E-state index >= 15 is 0 Å². The Kier molecular flexibility index (Phi) is 6.64. The number of nitrogens with one attached hydrogen (secondary N) is 1. The zero-order chi connectivity index (χ0) is 21.2. The molecule has 4 aliphatic carbocycles. The molecular weight excluding hydrogens is 366 g/mol. The van der Waals surface area contributed by atoms with Gasteiger partial charge in [-0.3, -0.25) is 4.79 Å². The van der Waals surface area contributed by atoms with Crippen LogP contribution in [0.4, 0.5) is 0 Å². The van der Waals surface area contributed by atoms with Crippen molar-refractivity contribution >= 4 is 23.3 Å². The molecule has 0 aromatic rings. The molecule has 0 aromatic heterocycles. The van der Waals surface area contributed by atoms with Crippen molar-refractivity contribution in [2.75, 3.05) is 0 Å². The highest BCUT2D eigenvalue weighted by molar-refractivity contribution is 5.84. The summed E-state index contributed by atoms with van der Waals surface area (Å²) in [6.45, 7) is 4.67. The third-order valence-electron chi connectivity index (χ3n) is 7.77. The molecule has 0 aromatic carbocycles. The minimum absolute atomic E-state index is 0.0732. The Morgan fingerprint density at radius 3 is 1.38 bits per heavy atom. The maximum absolute atomic E-state index is 13.7. The fourth-order valence-corrected chi connectivity index (χ4v) is 6.57. The van der Waals surface area contributed by atoms with E-state index < -0.39 is 5.54 Å². The number of hydrogen-bond donors (Lipinski definition) is 1. The van der Waals surface area contributed by atoms with Gasteiger partial charge in [0.05, 0.1) is 0 Å². The topological polar surface area (TPSA) is 80.3 Å². The number of Topliss-reactive ketones (excluding diaryl/α,β-unsaturated/α-hetero) is 3. The van der Waals surface area contributed by atoms with Gasteiger partial charge >= 0.3 is 0 Å². The minimum Gasteiger partial charge on any atom is -0.350 e. The average Bonchev–Trinajstić information content (AvgIpc) is 2.61. The molecule has 29 heavy (non-hydrogen) atoms. The summed E-state index contributed by atoms with van der Waals surface area (Å²) in [6, 6.07) is 0. The number of carbonyl (C=O) groups excluding carboxylic acids is 4. The highest BCUT2D eigenvalue weighted by Crippen LogP contribution is 2.60. The maximum Gasteiger partial charge on any atom is 0.226 e. The molecule has 0 unspecified atom stereocenters. The molecule has 0 aliphatic heterocycles. The molecule has 0 radical (unpaired) electrons. The summed E-state index contributed by atoms with van der Waals surface area (Å²) in [7, 11) is 0. The van der Waals surface area contributed by atoms with Crippen molar-refractivity contribution in [1.29, 1.82) is 0 Å². The Balaban J connectivity index is 1.81. The van der Waals surface area contributed by atoms with Crippen LogP contribution in [0.15, 0.2) is 0 Å². The summed E-state index contributed by atoms with van der Waals surface area (Å²) in [5.41, 5.74) is -0.925. The third-order valence-corrected chi connectivity index (χ3v) is 7.77. The smallest absolute Gasteiger partial charge is 0.226 e. The van der Waals surface area contributed by atoms with Gasteiger partial charge < -0.3 is 19.7 Å². The number of rotatable bonds is 11. The van der Waals surface area contributed by atoms with Crippen LogP contribution in [-0.4, -0.2) is 28.8 Å². The average molecular weight is 404 g/mol. The van der Waals surface area contributed by atoms with Crippen LogP contribution in [0.5, 0.6) is 0 Å². The number of ketones is 3. The van der Waals surface area contributed by atoms with Crippen molar-refractivity contribution in [2.45, 2.75) is 103 Å². The lowest BCUT2D eigenvalue weighted by atomic mass is 9.49. The van der Waals surface area contributed by atoms with Crippen LogP contribution in [0.3, 0.4) is 0 Å². The second-order valence-electron chi connectivity index (χ2n) is 10.5. The van der Waals surface area contributed by atoms with E-state index in [1.165, 1.54) is 19.3 Å². The molecule has 4 fully saturated rings. The van der Waals surface area contributed by atoms with Crippen molar-refractivity contribution < 1.29 is 19.2 Å². The lowest BCUT2D eigenvalue weighted by molar-refractivity contribution is -0.149. The molecular formula is C24H37NO4. The van der Waals surface area contributed by atoms with Crippen LogP contribution in [-0.2, 0) is 19.2 Å². The van der Waals surface area contributed by atoms with Crippen molar-refractivity contribution in [3.63, 3.8) is 0 Å². The predicted molar refractivity (Wildman–Crippen MR) is 111 cm³/mol. The number of hydrogen-bond acceptors (Lipinski definition) is 4. The van der Waals surface area contributed by atoms with Crippen LogP contribution in [0.1, 0.15) is 97.8 Å². The largest absolute Gasteiger partial charge is 0.350 e. The van der Waals surface area contributed by atoms with E-state index in [-0.39, 0.29) is 28.7 Å². The molecule has 0 atom stereocenters. The molecule has 0 spiro atoms. The fourth-order valence-electron chi connectivity index (χ4n) is 6.57. The molecule has 5 heteroatoms. The van der Waals surface area contributed by atoms with E-state index in [0.717, 1.165) is 19.3 Å². The Labute approximate surface area is 174 Å². The zero-order valence-electron chi connectivity index (χ0n) is 18.4. The number of amides is 1. The lowest BCUT2D eigenvalue weighted by Gasteiger charge is -2.56. The van der Waals surface area contributed by atoms with Gasteiger partial charge in [0, 0.05) is 30.2 Å². The predicted octanol–water partition coefficient (Wildman–Crippen LogP) is 4.17. The van der Waals surface area contributed by atoms with Crippen molar-refractivity contribution in [2.24, 2.45) is 23.2 Å². The summed E-state index contributed by atoms with van der Waals surface area (Å²) in [5, 5.41) is 3.36. The summed E-state index contributed by atoms with van der Waals surface area (Å²) < 4.78 is 0. The summed E-state index contributed by atoms with van der Waals surface area (Å²) in [5.74, 6) is 2.36. The first kappa shape index (κ1) is 22.2. The molecule has 1 N–H and O–H groups in total. The van der Waals surface area contributed by atoms with Gasteiger partial charge in [-0.05, 0) is 96.3 Å². The van der Waals surface area contributed by atoms with Gasteiger partial charge in [-0.15, -0.1) is 0 Å². The van der Waals surface area contributed by atoms with Crippen LogP contribution in [0, 0.1) is 23.2 Å². The first-order chi connectivity index (χ1) is 13.6. The van der Waals surface area contributed by atoms with Crippen molar-refractivity contribution in [3.8, 4) is 0 Å². The van der Waals surface area contributed by atoms with E-state index in [2.05, 4.69) is 5.32 Å². The SMILES string of the molecule is CC(=O)CCC(CCC(C)=O)(CCC(C)=O)NC(=O)C12CC3CC(CC(C3)C1)C2. The third kappa shape index (κ3) is 5.35. The normalized spacial score (nSPS) is 30.2. The highest BCUT2D eigenvalue weighted by atomic mass is 16.2. The Morgan fingerprint density at radius 1 is 0.724 bits per heavy atom. The lowest BCUT2D eigenvalue weighted by Crippen LogP contribution is -2.59. The van der Waals surface area contributed by atoms with Crippen LogP contribution < -0.4 is 5.32 Å². The minimum atomic E-state index is -0.649. The zero-order valence-corrected chi connectivity index (χ0v) is 18.4. The van der Waals surface area contributed by atoms with Crippen molar-refractivity contribution in [3.05, 3.63) is 0 Å². The van der Waals surface area contributed by atoms with Crippen LogP contribution in [0.25, 0.3) is 0 Å². The molecule has 1 amide bonds. The molecule has 0 heterocycles. The molecule has 4 rings (SSSR count). The Bertz CT molecular complexity index is 600. The van der Waals surface area contributed by atoms with Gasteiger partial charge in [0.25, 0.3) is 0 Å². The first-order valence-corrected chi connectivity index (χ1v) is 11.4. The van der Waals surface area contributed by atoms with Gasteiger partial charge in [0.15, 0.2) is 0 Å². The standard InChI is InChI=1S/C24H37NO4/c1-16(26)4-7-24(8-5-17(2)27,9-6-18(3)28)25-22(29)23-13-19-10-20(14-23)12-21(11-19)15-23/h19-21H,4-15H2,1-3H3,(H,25,29). The maximum atomic E-state index is 13.7. The highest BCUT2D eigenvalue weighted by Gasteiger charge is 2.55. The first-order valence-electron chi connectivity index (χ1n) is 11.4. The van der Waals surface area contributed by atoms with E-state index in [0.29, 0.717) is 56.3 Å². The van der Waals surface area contributed by atoms with Gasteiger partial charge in [0.2, 0.25) is 5.91 Å². The molecule has 162 valence electrons. The van der Waals surface area contributed by atoms with Gasteiger partial charge in [-0.25, -0.2) is 0 Å². The van der Waals surface area contributed by atoms with Crippen LogP contribution >= 0.6 is 0 Å². The second kappa shape index (κ2) is 8.69. The molecule has 5 nitrogen and oxygen atoms in total. The number of carbonyl (C=O) groups is 4. The van der Waals surface area contributed by atoms with Crippen LogP contribution in [0.2, 0.25) is 0 Å². The quantitative estimate of drug-likeness (QED) is 0.561.